The Morgan fingerprint density at radius 1 is 1.15 bits per heavy atom. The number of nitrogens with two attached hydrogens (primary N) is 1. The average Bonchev–Trinajstić information content (AvgIpc) is 3.19. The van der Waals surface area contributed by atoms with Gasteiger partial charge in [-0.05, 0) is 12.0 Å². The number of ether oxygens (including phenoxy) is 2. The average molecular weight is 367 g/mol. The molecule has 3 aromatic rings. The first-order valence-corrected chi connectivity index (χ1v) is 8.38. The van der Waals surface area contributed by atoms with Crippen LogP contribution in [-0.4, -0.2) is 25.1 Å². The van der Waals surface area contributed by atoms with E-state index < -0.39 is 11.9 Å². The number of hydrogen-bond donors (Lipinski definition) is 2. The molecule has 1 amide bonds. The SMILES string of the molecule is COc1cc(NC(=O)c2coc(C(N)Cc3ccccc3)n2)cc(OC)c1. The monoisotopic (exact) mass is 367 g/mol. The smallest absolute Gasteiger partial charge is 0.277 e. The standard InChI is InChI=1S/C20H21N3O4/c1-25-15-9-14(10-16(11-15)26-2)22-19(24)18-12-27-20(23-18)17(21)8-13-6-4-3-5-7-13/h3-7,9-12,17H,8,21H2,1-2H3,(H,22,24). The summed E-state index contributed by atoms with van der Waals surface area (Å²) in [5.41, 5.74) is 7.89. The highest BCUT2D eigenvalue weighted by molar-refractivity contribution is 6.02. The Hall–Kier alpha value is -3.32. The maximum Gasteiger partial charge on any atom is 0.277 e. The number of amides is 1. The van der Waals surface area contributed by atoms with E-state index in [4.69, 9.17) is 19.6 Å². The highest BCUT2D eigenvalue weighted by atomic mass is 16.5. The molecular weight excluding hydrogens is 346 g/mol. The van der Waals surface area contributed by atoms with Crippen LogP contribution in [0, 0.1) is 0 Å². The van der Waals surface area contributed by atoms with Crippen molar-refractivity contribution in [1.29, 1.82) is 0 Å². The third-order valence-electron chi connectivity index (χ3n) is 3.98. The van der Waals surface area contributed by atoms with Gasteiger partial charge in [-0.25, -0.2) is 4.98 Å². The molecule has 0 aliphatic heterocycles. The molecular formula is C20H21N3O4. The Morgan fingerprint density at radius 3 is 2.44 bits per heavy atom. The predicted octanol–water partition coefficient (Wildman–Crippen LogP) is 3.19. The summed E-state index contributed by atoms with van der Waals surface area (Å²) < 4.78 is 15.8. The number of benzene rings is 2. The van der Waals surface area contributed by atoms with Crippen LogP contribution in [0.15, 0.2) is 59.2 Å². The van der Waals surface area contributed by atoms with Gasteiger partial charge in [-0.3, -0.25) is 4.79 Å². The van der Waals surface area contributed by atoms with Crippen molar-refractivity contribution in [1.82, 2.24) is 4.98 Å². The molecule has 1 aromatic heterocycles. The fraction of sp³-hybridized carbons (Fsp3) is 0.200. The van der Waals surface area contributed by atoms with Gasteiger partial charge in [0, 0.05) is 23.9 Å². The second-order valence-corrected chi connectivity index (χ2v) is 5.92. The zero-order valence-corrected chi connectivity index (χ0v) is 15.1. The zero-order valence-electron chi connectivity index (χ0n) is 15.1. The highest BCUT2D eigenvalue weighted by Gasteiger charge is 2.18. The summed E-state index contributed by atoms with van der Waals surface area (Å²) in [6.45, 7) is 0. The van der Waals surface area contributed by atoms with Crippen molar-refractivity contribution in [2.45, 2.75) is 12.5 Å². The highest BCUT2D eigenvalue weighted by Crippen LogP contribution is 2.26. The van der Waals surface area contributed by atoms with E-state index in [1.54, 1.807) is 32.4 Å². The van der Waals surface area contributed by atoms with Crippen LogP contribution < -0.4 is 20.5 Å². The van der Waals surface area contributed by atoms with E-state index in [0.29, 0.717) is 29.5 Å². The van der Waals surface area contributed by atoms with Crippen LogP contribution in [0.1, 0.15) is 28.0 Å². The van der Waals surface area contributed by atoms with Gasteiger partial charge in [-0.1, -0.05) is 30.3 Å². The Morgan fingerprint density at radius 2 is 1.81 bits per heavy atom. The first-order valence-electron chi connectivity index (χ1n) is 8.38. The van der Waals surface area contributed by atoms with Crippen LogP contribution in [0.4, 0.5) is 5.69 Å². The molecule has 2 aromatic carbocycles. The molecule has 7 heteroatoms. The number of carbonyl (C=O) groups is 1. The summed E-state index contributed by atoms with van der Waals surface area (Å²) in [5.74, 6) is 1.03. The molecule has 140 valence electrons. The molecule has 0 radical (unpaired) electrons. The van der Waals surface area contributed by atoms with Gasteiger partial charge in [0.05, 0.1) is 20.3 Å². The van der Waals surface area contributed by atoms with Crippen LogP contribution in [0.5, 0.6) is 11.5 Å². The number of nitrogens with one attached hydrogen (secondary N) is 1. The topological polar surface area (TPSA) is 99.6 Å². The number of carbonyl (C=O) groups excluding carboxylic acids is 1. The molecule has 0 saturated carbocycles. The van der Waals surface area contributed by atoms with Crippen LogP contribution >= 0.6 is 0 Å². The van der Waals surface area contributed by atoms with E-state index in [1.807, 2.05) is 30.3 Å². The third kappa shape index (κ3) is 4.65. The molecule has 1 atom stereocenters. The summed E-state index contributed by atoms with van der Waals surface area (Å²) in [5, 5.41) is 2.75. The normalized spacial score (nSPS) is 11.7. The minimum absolute atomic E-state index is 0.148. The van der Waals surface area contributed by atoms with Gasteiger partial charge in [0.2, 0.25) is 5.89 Å². The molecule has 0 aliphatic carbocycles. The number of rotatable bonds is 7. The van der Waals surface area contributed by atoms with Crippen LogP contribution in [0.3, 0.4) is 0 Å². The van der Waals surface area contributed by atoms with E-state index in [2.05, 4.69) is 10.3 Å². The molecule has 0 spiro atoms. The summed E-state index contributed by atoms with van der Waals surface area (Å²) in [6, 6.07) is 14.4. The van der Waals surface area contributed by atoms with Crippen molar-refractivity contribution in [2.24, 2.45) is 5.73 Å². The lowest BCUT2D eigenvalue weighted by Gasteiger charge is -2.09. The lowest BCUT2D eigenvalue weighted by molar-refractivity contribution is 0.102. The number of nitrogens with zero attached hydrogens (tertiary/aromatic N) is 1. The Bertz CT molecular complexity index is 886. The van der Waals surface area contributed by atoms with Crippen molar-refractivity contribution < 1.29 is 18.7 Å². The van der Waals surface area contributed by atoms with Gasteiger partial charge in [0.1, 0.15) is 17.8 Å². The third-order valence-corrected chi connectivity index (χ3v) is 3.98. The second kappa shape index (κ2) is 8.37. The van der Waals surface area contributed by atoms with E-state index in [9.17, 15) is 4.79 Å². The number of methoxy groups -OCH3 is 2. The van der Waals surface area contributed by atoms with Crippen LogP contribution in [0.25, 0.3) is 0 Å². The zero-order chi connectivity index (χ0) is 19.2. The molecule has 3 rings (SSSR count). The Labute approximate surface area is 157 Å². The first-order chi connectivity index (χ1) is 13.1. The lowest BCUT2D eigenvalue weighted by Crippen LogP contribution is -2.16. The van der Waals surface area contributed by atoms with Gasteiger partial charge in [-0.15, -0.1) is 0 Å². The van der Waals surface area contributed by atoms with Gasteiger partial charge < -0.3 is 24.9 Å². The molecule has 0 saturated heterocycles. The molecule has 27 heavy (non-hydrogen) atoms. The molecule has 1 heterocycles. The van der Waals surface area contributed by atoms with Crippen LogP contribution in [0.2, 0.25) is 0 Å². The van der Waals surface area contributed by atoms with Crippen LogP contribution in [-0.2, 0) is 6.42 Å². The maximum absolute atomic E-state index is 12.5. The fourth-order valence-corrected chi connectivity index (χ4v) is 2.59. The quantitative estimate of drug-likeness (QED) is 0.665. The molecule has 7 nitrogen and oxygen atoms in total. The lowest BCUT2D eigenvalue weighted by atomic mass is 10.1. The van der Waals surface area contributed by atoms with E-state index in [-0.39, 0.29) is 5.69 Å². The van der Waals surface area contributed by atoms with Crippen molar-refractivity contribution in [3.8, 4) is 11.5 Å². The predicted molar refractivity (Wildman–Crippen MR) is 101 cm³/mol. The summed E-state index contributed by atoms with van der Waals surface area (Å²) in [6.07, 6.45) is 1.86. The fourth-order valence-electron chi connectivity index (χ4n) is 2.59. The molecule has 0 aliphatic rings. The summed E-state index contributed by atoms with van der Waals surface area (Å²) in [7, 11) is 3.08. The molecule has 0 bridgehead atoms. The minimum Gasteiger partial charge on any atom is -0.497 e. The van der Waals surface area contributed by atoms with E-state index in [0.717, 1.165) is 5.56 Å². The van der Waals surface area contributed by atoms with Crippen molar-refractivity contribution in [3.63, 3.8) is 0 Å². The number of hydrogen-bond acceptors (Lipinski definition) is 6. The Balaban J connectivity index is 1.70. The largest absolute Gasteiger partial charge is 0.497 e. The first kappa shape index (κ1) is 18.5. The Kier molecular flexibility index (Phi) is 5.73. The number of aromatic nitrogens is 1. The molecule has 3 N–H and O–H groups in total. The van der Waals surface area contributed by atoms with Crippen molar-refractivity contribution >= 4 is 11.6 Å². The van der Waals surface area contributed by atoms with E-state index in [1.165, 1.54) is 6.26 Å². The van der Waals surface area contributed by atoms with Crippen molar-refractivity contribution in [3.05, 3.63) is 71.9 Å². The summed E-state index contributed by atoms with van der Waals surface area (Å²) in [4.78, 5) is 16.7. The van der Waals surface area contributed by atoms with Gasteiger partial charge >= 0.3 is 0 Å². The molecule has 1 unspecified atom stereocenters. The van der Waals surface area contributed by atoms with E-state index >= 15 is 0 Å². The maximum atomic E-state index is 12.5. The number of oxazole rings is 1. The summed E-state index contributed by atoms with van der Waals surface area (Å²) >= 11 is 0. The van der Waals surface area contributed by atoms with Gasteiger partial charge in [0.15, 0.2) is 5.69 Å². The van der Waals surface area contributed by atoms with Gasteiger partial charge in [0.25, 0.3) is 5.91 Å². The second-order valence-electron chi connectivity index (χ2n) is 5.92. The molecule has 0 fully saturated rings. The van der Waals surface area contributed by atoms with Crippen molar-refractivity contribution in [2.75, 3.05) is 19.5 Å². The van der Waals surface area contributed by atoms with Gasteiger partial charge in [-0.2, -0.15) is 0 Å². The minimum atomic E-state index is -0.439. The number of anilines is 1.